The number of rotatable bonds is 8. The molecule has 0 amide bonds. The van der Waals surface area contributed by atoms with E-state index >= 15 is 0 Å². The Balaban J connectivity index is 2.15. The Bertz CT molecular complexity index is 639. The predicted molar refractivity (Wildman–Crippen MR) is 86.1 cm³/mol. The maximum absolute atomic E-state index is 10.9. The molecule has 6 heteroatoms. The van der Waals surface area contributed by atoms with Gasteiger partial charge in [0.2, 0.25) is 0 Å². The number of aromatic carboxylic acids is 1. The van der Waals surface area contributed by atoms with Gasteiger partial charge < -0.3 is 14.6 Å². The quantitative estimate of drug-likeness (QED) is 0.742. The van der Waals surface area contributed by atoms with Crippen molar-refractivity contribution in [1.29, 1.82) is 0 Å². The smallest absolute Gasteiger partial charge is 0.355 e. The molecule has 0 radical (unpaired) electrons. The Morgan fingerprint density at radius 1 is 1.32 bits per heavy atom. The van der Waals surface area contributed by atoms with Gasteiger partial charge in [-0.05, 0) is 24.6 Å². The van der Waals surface area contributed by atoms with Crippen molar-refractivity contribution in [1.82, 2.24) is 4.98 Å². The molecule has 0 bridgehead atoms. The fraction of sp³-hybridized carbons (Fsp3) is 0.375. The summed E-state index contributed by atoms with van der Waals surface area (Å²) >= 11 is 1.29. The van der Waals surface area contributed by atoms with Gasteiger partial charge in [0, 0.05) is 10.9 Å². The summed E-state index contributed by atoms with van der Waals surface area (Å²) in [4.78, 5) is 15.0. The van der Waals surface area contributed by atoms with Gasteiger partial charge in [0.15, 0.2) is 17.2 Å². The maximum Gasteiger partial charge on any atom is 0.355 e. The standard InChI is InChI=1S/C16H19NO4S/c1-3-4-5-8-21-13-7-6-11(9-14(13)20-2)15-17-12(10-22-15)16(18)19/h6-7,9-10H,3-5,8H2,1-2H3,(H,18,19). The van der Waals surface area contributed by atoms with E-state index in [-0.39, 0.29) is 5.69 Å². The van der Waals surface area contributed by atoms with E-state index in [4.69, 9.17) is 14.6 Å². The number of benzene rings is 1. The van der Waals surface area contributed by atoms with Crippen molar-refractivity contribution in [2.45, 2.75) is 26.2 Å². The maximum atomic E-state index is 10.9. The highest BCUT2D eigenvalue weighted by molar-refractivity contribution is 7.13. The monoisotopic (exact) mass is 321 g/mol. The van der Waals surface area contributed by atoms with Gasteiger partial charge in [0.05, 0.1) is 13.7 Å². The summed E-state index contributed by atoms with van der Waals surface area (Å²) in [6.45, 7) is 2.80. The molecule has 2 aromatic rings. The molecule has 1 aromatic carbocycles. The molecule has 2 rings (SSSR count). The number of carboxylic acids is 1. The van der Waals surface area contributed by atoms with E-state index in [0.29, 0.717) is 23.1 Å². The second kappa shape index (κ2) is 7.79. The summed E-state index contributed by atoms with van der Waals surface area (Å²) in [5, 5.41) is 11.1. The van der Waals surface area contributed by atoms with Crippen molar-refractivity contribution in [2.24, 2.45) is 0 Å². The normalized spacial score (nSPS) is 10.5. The zero-order valence-corrected chi connectivity index (χ0v) is 13.5. The van der Waals surface area contributed by atoms with E-state index in [1.165, 1.54) is 16.7 Å². The molecule has 0 unspecified atom stereocenters. The second-order valence-corrected chi connectivity index (χ2v) is 5.62. The molecule has 0 atom stereocenters. The lowest BCUT2D eigenvalue weighted by Crippen LogP contribution is -1.99. The fourth-order valence-electron chi connectivity index (χ4n) is 1.96. The lowest BCUT2D eigenvalue weighted by molar-refractivity contribution is 0.0691. The average Bonchev–Trinajstić information content (AvgIpc) is 3.02. The molecule has 1 N–H and O–H groups in total. The van der Waals surface area contributed by atoms with Gasteiger partial charge >= 0.3 is 5.97 Å². The summed E-state index contributed by atoms with van der Waals surface area (Å²) in [5.74, 6) is 0.295. The molecular weight excluding hydrogens is 302 g/mol. The topological polar surface area (TPSA) is 68.7 Å². The van der Waals surface area contributed by atoms with Crippen molar-refractivity contribution in [3.63, 3.8) is 0 Å². The number of ether oxygens (including phenoxy) is 2. The largest absolute Gasteiger partial charge is 0.493 e. The number of unbranched alkanes of at least 4 members (excludes halogenated alkanes) is 2. The third-order valence-electron chi connectivity index (χ3n) is 3.14. The molecule has 0 aliphatic carbocycles. The number of thiazole rings is 1. The van der Waals surface area contributed by atoms with Crippen LogP contribution in [0.1, 0.15) is 36.7 Å². The number of hydrogen-bond acceptors (Lipinski definition) is 5. The molecule has 0 saturated carbocycles. The van der Waals surface area contributed by atoms with Gasteiger partial charge in [-0.2, -0.15) is 0 Å². The van der Waals surface area contributed by atoms with Crippen LogP contribution in [0.15, 0.2) is 23.6 Å². The summed E-state index contributed by atoms with van der Waals surface area (Å²) < 4.78 is 11.1. The highest BCUT2D eigenvalue weighted by Crippen LogP contribution is 2.33. The summed E-state index contributed by atoms with van der Waals surface area (Å²) in [6, 6.07) is 5.52. The van der Waals surface area contributed by atoms with Crippen molar-refractivity contribution >= 4 is 17.3 Å². The Hall–Kier alpha value is -2.08. The molecule has 0 aliphatic rings. The Kier molecular flexibility index (Phi) is 5.77. The first-order chi connectivity index (χ1) is 10.7. The molecule has 0 spiro atoms. The predicted octanol–water partition coefficient (Wildman–Crippen LogP) is 4.09. The van der Waals surface area contributed by atoms with Crippen LogP contribution in [-0.4, -0.2) is 29.8 Å². The molecule has 0 fully saturated rings. The number of carbonyl (C=O) groups is 1. The van der Waals surface area contributed by atoms with Gasteiger partial charge in [0.1, 0.15) is 5.01 Å². The van der Waals surface area contributed by atoms with E-state index in [0.717, 1.165) is 24.8 Å². The second-order valence-electron chi connectivity index (χ2n) is 4.76. The minimum absolute atomic E-state index is 0.0545. The average molecular weight is 321 g/mol. The molecule has 118 valence electrons. The van der Waals surface area contributed by atoms with Crippen LogP contribution in [-0.2, 0) is 0 Å². The van der Waals surface area contributed by atoms with Gasteiger partial charge in [-0.1, -0.05) is 19.8 Å². The third-order valence-corrected chi connectivity index (χ3v) is 4.03. The zero-order chi connectivity index (χ0) is 15.9. The number of aromatic nitrogens is 1. The number of carboxylic acid groups (broad SMARTS) is 1. The Morgan fingerprint density at radius 2 is 2.14 bits per heavy atom. The van der Waals surface area contributed by atoms with Crippen LogP contribution in [0.25, 0.3) is 10.6 Å². The van der Waals surface area contributed by atoms with Crippen LogP contribution in [0.3, 0.4) is 0 Å². The summed E-state index contributed by atoms with van der Waals surface area (Å²) in [5.41, 5.74) is 0.870. The lowest BCUT2D eigenvalue weighted by atomic mass is 10.2. The number of methoxy groups -OCH3 is 1. The molecule has 0 aliphatic heterocycles. The molecule has 5 nitrogen and oxygen atoms in total. The van der Waals surface area contributed by atoms with Crippen molar-refractivity contribution in [3.8, 4) is 22.1 Å². The lowest BCUT2D eigenvalue weighted by Gasteiger charge is -2.11. The van der Waals surface area contributed by atoms with E-state index in [2.05, 4.69) is 11.9 Å². The fourth-order valence-corrected chi connectivity index (χ4v) is 2.75. The zero-order valence-electron chi connectivity index (χ0n) is 12.7. The van der Waals surface area contributed by atoms with E-state index in [9.17, 15) is 4.79 Å². The summed E-state index contributed by atoms with van der Waals surface area (Å²) in [6.07, 6.45) is 3.29. The van der Waals surface area contributed by atoms with Crippen LogP contribution < -0.4 is 9.47 Å². The minimum Gasteiger partial charge on any atom is -0.493 e. The Morgan fingerprint density at radius 3 is 2.77 bits per heavy atom. The van der Waals surface area contributed by atoms with Crippen LogP contribution in [0.4, 0.5) is 0 Å². The molecule has 0 saturated heterocycles. The molecule has 1 aromatic heterocycles. The highest BCUT2D eigenvalue weighted by atomic mass is 32.1. The van der Waals surface area contributed by atoms with E-state index in [1.807, 2.05) is 18.2 Å². The Labute approximate surface area is 133 Å². The third kappa shape index (κ3) is 3.98. The van der Waals surface area contributed by atoms with Crippen molar-refractivity contribution in [3.05, 3.63) is 29.3 Å². The van der Waals surface area contributed by atoms with Crippen molar-refractivity contribution in [2.75, 3.05) is 13.7 Å². The molecule has 1 heterocycles. The van der Waals surface area contributed by atoms with Crippen LogP contribution in [0.5, 0.6) is 11.5 Å². The number of hydrogen-bond donors (Lipinski definition) is 1. The van der Waals surface area contributed by atoms with Gasteiger partial charge in [-0.3, -0.25) is 0 Å². The molecular formula is C16H19NO4S. The summed E-state index contributed by atoms with van der Waals surface area (Å²) in [7, 11) is 1.59. The van der Waals surface area contributed by atoms with Gasteiger partial charge in [0.25, 0.3) is 0 Å². The van der Waals surface area contributed by atoms with E-state index in [1.54, 1.807) is 7.11 Å². The highest BCUT2D eigenvalue weighted by Gasteiger charge is 2.12. The van der Waals surface area contributed by atoms with Gasteiger partial charge in [-0.15, -0.1) is 11.3 Å². The minimum atomic E-state index is -1.02. The first-order valence-corrected chi connectivity index (χ1v) is 8.03. The molecule has 22 heavy (non-hydrogen) atoms. The first-order valence-electron chi connectivity index (χ1n) is 7.15. The first kappa shape index (κ1) is 16.3. The van der Waals surface area contributed by atoms with Crippen LogP contribution in [0, 0.1) is 0 Å². The van der Waals surface area contributed by atoms with Crippen molar-refractivity contribution < 1.29 is 19.4 Å². The van der Waals surface area contributed by atoms with E-state index < -0.39 is 5.97 Å². The SMILES string of the molecule is CCCCCOc1ccc(-c2nc(C(=O)O)cs2)cc1OC. The van der Waals surface area contributed by atoms with Crippen LogP contribution in [0.2, 0.25) is 0 Å². The van der Waals surface area contributed by atoms with Crippen LogP contribution >= 0.6 is 11.3 Å². The number of nitrogens with zero attached hydrogens (tertiary/aromatic N) is 1. The van der Waals surface area contributed by atoms with Gasteiger partial charge in [-0.25, -0.2) is 9.78 Å².